The second kappa shape index (κ2) is 10.1. The maximum absolute atomic E-state index is 13.6. The van der Waals surface area contributed by atoms with Crippen LogP contribution in [0.4, 0.5) is 4.39 Å². The number of tetrazole rings is 1. The first-order chi connectivity index (χ1) is 16.7. The number of pyridine rings is 1. The quantitative estimate of drug-likeness (QED) is 0.375. The molecule has 35 heavy (non-hydrogen) atoms. The van der Waals surface area contributed by atoms with Crippen LogP contribution >= 0.6 is 0 Å². The Morgan fingerprint density at radius 3 is 2.51 bits per heavy atom. The second-order valence-corrected chi connectivity index (χ2v) is 10.2. The van der Waals surface area contributed by atoms with Crippen molar-refractivity contribution in [2.24, 2.45) is 0 Å². The van der Waals surface area contributed by atoms with Gasteiger partial charge in [0.25, 0.3) is 5.56 Å². The van der Waals surface area contributed by atoms with Crippen LogP contribution in [0.2, 0.25) is 0 Å². The lowest BCUT2D eigenvalue weighted by molar-refractivity contribution is 0.148. The van der Waals surface area contributed by atoms with E-state index in [1.165, 1.54) is 12.1 Å². The number of hydrogen-bond acceptors (Lipinski definition) is 5. The van der Waals surface area contributed by atoms with Crippen LogP contribution < -0.4 is 5.56 Å². The highest BCUT2D eigenvalue weighted by Crippen LogP contribution is 2.30. The average Bonchev–Trinajstić information content (AvgIpc) is 3.29. The zero-order valence-electron chi connectivity index (χ0n) is 21.0. The molecule has 184 valence electrons. The summed E-state index contributed by atoms with van der Waals surface area (Å²) in [5.74, 6) is 0.484. The van der Waals surface area contributed by atoms with Crippen molar-refractivity contribution in [2.75, 3.05) is 0 Å². The van der Waals surface area contributed by atoms with Crippen LogP contribution in [0.15, 0.2) is 53.3 Å². The lowest BCUT2D eigenvalue weighted by atomic mass is 10.0. The predicted octanol–water partition coefficient (Wildman–Crippen LogP) is 5.26. The number of hydrogen-bond donors (Lipinski definition) is 1. The number of rotatable bonds is 8. The van der Waals surface area contributed by atoms with Gasteiger partial charge in [-0.25, -0.2) is 9.07 Å². The van der Waals surface area contributed by atoms with Crippen molar-refractivity contribution in [2.45, 2.75) is 72.1 Å². The molecule has 0 fully saturated rings. The lowest BCUT2D eigenvalue weighted by Crippen LogP contribution is -2.35. The van der Waals surface area contributed by atoms with Gasteiger partial charge in [0.05, 0.1) is 11.6 Å². The second-order valence-electron chi connectivity index (χ2n) is 10.2. The Morgan fingerprint density at radius 1 is 1.09 bits per heavy atom. The molecule has 4 rings (SSSR count). The summed E-state index contributed by atoms with van der Waals surface area (Å²) in [5, 5.41) is 13.7. The fourth-order valence-corrected chi connectivity index (χ4v) is 4.42. The number of aromatic amines is 1. The van der Waals surface area contributed by atoms with Gasteiger partial charge in [-0.2, -0.15) is 0 Å². The van der Waals surface area contributed by atoms with Gasteiger partial charge in [0.1, 0.15) is 5.82 Å². The van der Waals surface area contributed by atoms with E-state index < -0.39 is 0 Å². The van der Waals surface area contributed by atoms with Gasteiger partial charge in [0, 0.05) is 24.2 Å². The van der Waals surface area contributed by atoms with Crippen molar-refractivity contribution < 1.29 is 4.39 Å². The highest BCUT2D eigenvalue weighted by molar-refractivity contribution is 5.79. The monoisotopic (exact) mass is 476 g/mol. The van der Waals surface area contributed by atoms with Gasteiger partial charge in [-0.15, -0.1) is 5.10 Å². The Morgan fingerprint density at radius 2 is 1.83 bits per heavy atom. The van der Waals surface area contributed by atoms with Crippen LogP contribution in [0.3, 0.4) is 0 Å². The smallest absolute Gasteiger partial charge is 0.252 e. The van der Waals surface area contributed by atoms with E-state index in [-0.39, 0.29) is 23.0 Å². The molecule has 2 aromatic carbocycles. The van der Waals surface area contributed by atoms with E-state index in [0.717, 1.165) is 40.7 Å². The molecule has 0 saturated carbocycles. The molecule has 0 saturated heterocycles. The fraction of sp³-hybridized carbons (Fsp3) is 0.407. The molecule has 1 N–H and O–H groups in total. The molecule has 4 aromatic rings. The van der Waals surface area contributed by atoms with Crippen LogP contribution in [-0.4, -0.2) is 30.1 Å². The average molecular weight is 477 g/mol. The molecule has 2 heterocycles. The third-order valence-corrected chi connectivity index (χ3v) is 6.18. The summed E-state index contributed by atoms with van der Waals surface area (Å²) in [6, 6.07) is 14.4. The zero-order valence-corrected chi connectivity index (χ0v) is 21.0. The van der Waals surface area contributed by atoms with Gasteiger partial charge in [-0.05, 0) is 85.3 Å². The lowest BCUT2D eigenvalue weighted by Gasteiger charge is -2.33. The zero-order chi connectivity index (χ0) is 25.2. The van der Waals surface area contributed by atoms with Crippen molar-refractivity contribution in [3.05, 3.63) is 87.2 Å². The van der Waals surface area contributed by atoms with E-state index in [1.807, 2.05) is 35.9 Å². The molecule has 0 aliphatic carbocycles. The summed E-state index contributed by atoms with van der Waals surface area (Å²) in [4.78, 5) is 18.4. The number of nitrogens with one attached hydrogen (secondary N) is 1. The Hall–Kier alpha value is -3.39. The molecule has 0 aliphatic rings. The molecule has 0 spiro atoms. The largest absolute Gasteiger partial charge is 0.322 e. The number of halogens is 1. The third-order valence-electron chi connectivity index (χ3n) is 6.18. The first-order valence-electron chi connectivity index (χ1n) is 12.1. The van der Waals surface area contributed by atoms with Gasteiger partial charge in [-0.1, -0.05) is 37.6 Å². The summed E-state index contributed by atoms with van der Waals surface area (Å²) in [6.45, 7) is 11.2. The van der Waals surface area contributed by atoms with Crippen molar-refractivity contribution >= 4 is 10.9 Å². The summed E-state index contributed by atoms with van der Waals surface area (Å²) >= 11 is 0. The minimum absolute atomic E-state index is 0.113. The van der Waals surface area contributed by atoms with Crippen LogP contribution in [-0.2, 0) is 18.6 Å². The van der Waals surface area contributed by atoms with Crippen LogP contribution in [0, 0.1) is 12.7 Å². The standard InChI is InChI=1S/C27H33FN6O/c1-6-7-24(25-30-31-32-34(25)27(3,4)5)33(16-19-9-12-22(28)13-10-19)17-21-15-20-11-8-18(2)14-23(20)29-26(21)35/h8-15,24H,6-7,16-17H2,1-5H3,(H,29,35)/t24-/m0/s1. The molecule has 2 aromatic heterocycles. The van der Waals surface area contributed by atoms with Gasteiger partial charge in [0.2, 0.25) is 0 Å². The highest BCUT2D eigenvalue weighted by Gasteiger charge is 2.30. The molecule has 0 aliphatic heterocycles. The summed E-state index contributed by atoms with van der Waals surface area (Å²) < 4.78 is 15.5. The van der Waals surface area contributed by atoms with E-state index in [9.17, 15) is 9.18 Å². The molecule has 8 heteroatoms. The molecule has 0 amide bonds. The molecule has 0 bridgehead atoms. The third kappa shape index (κ3) is 5.65. The minimum atomic E-state index is -0.301. The maximum Gasteiger partial charge on any atom is 0.252 e. The summed E-state index contributed by atoms with van der Waals surface area (Å²) in [7, 11) is 0. The van der Waals surface area contributed by atoms with Crippen molar-refractivity contribution in [3.8, 4) is 0 Å². The minimum Gasteiger partial charge on any atom is -0.322 e. The normalized spacial score (nSPS) is 13.0. The van der Waals surface area contributed by atoms with Crippen LogP contribution in [0.5, 0.6) is 0 Å². The summed E-state index contributed by atoms with van der Waals surface area (Å²) in [5.41, 5.74) is 3.12. The predicted molar refractivity (Wildman–Crippen MR) is 135 cm³/mol. The van der Waals surface area contributed by atoms with Crippen LogP contribution in [0.25, 0.3) is 10.9 Å². The number of benzene rings is 2. The van der Waals surface area contributed by atoms with Gasteiger partial charge < -0.3 is 4.98 Å². The van der Waals surface area contributed by atoms with Gasteiger partial charge >= 0.3 is 0 Å². The number of nitrogens with zero attached hydrogens (tertiary/aromatic N) is 5. The molecule has 7 nitrogen and oxygen atoms in total. The van der Waals surface area contributed by atoms with E-state index in [2.05, 4.69) is 53.1 Å². The van der Waals surface area contributed by atoms with Gasteiger partial charge in [-0.3, -0.25) is 9.69 Å². The molecule has 0 unspecified atom stereocenters. The number of aryl methyl sites for hydroxylation is 1. The van der Waals surface area contributed by atoms with E-state index in [4.69, 9.17) is 0 Å². The summed E-state index contributed by atoms with van der Waals surface area (Å²) in [6.07, 6.45) is 1.72. The Balaban J connectivity index is 1.78. The fourth-order valence-electron chi connectivity index (χ4n) is 4.42. The van der Waals surface area contributed by atoms with Crippen LogP contribution in [0.1, 0.15) is 69.1 Å². The molecule has 0 radical (unpaired) electrons. The highest BCUT2D eigenvalue weighted by atomic mass is 19.1. The maximum atomic E-state index is 13.6. The first kappa shape index (κ1) is 24.7. The van der Waals surface area contributed by atoms with Crippen molar-refractivity contribution in [1.82, 2.24) is 30.1 Å². The Bertz CT molecular complexity index is 1350. The molecule has 1 atom stereocenters. The van der Waals surface area contributed by atoms with E-state index in [1.54, 1.807) is 12.1 Å². The molecular formula is C27H33FN6O. The van der Waals surface area contributed by atoms with Crippen molar-refractivity contribution in [1.29, 1.82) is 0 Å². The topological polar surface area (TPSA) is 79.7 Å². The number of aromatic nitrogens is 5. The SMILES string of the molecule is CCC[C@@H](c1nnnn1C(C)(C)C)N(Cc1ccc(F)cc1)Cc1cc2ccc(C)cc2[nH]c1=O. The van der Waals surface area contributed by atoms with E-state index >= 15 is 0 Å². The number of H-pyrrole nitrogens is 1. The van der Waals surface area contributed by atoms with E-state index in [0.29, 0.717) is 18.7 Å². The Labute approximate surface area is 205 Å². The van der Waals surface area contributed by atoms with Crippen molar-refractivity contribution in [3.63, 3.8) is 0 Å². The van der Waals surface area contributed by atoms with Gasteiger partial charge in [0.15, 0.2) is 5.82 Å². The number of fused-ring (bicyclic) bond motifs is 1. The molecular weight excluding hydrogens is 443 g/mol. The first-order valence-corrected chi connectivity index (χ1v) is 12.1. The Kier molecular flexibility index (Phi) is 7.12.